The van der Waals surface area contributed by atoms with Gasteiger partial charge in [0.15, 0.2) is 0 Å². The average Bonchev–Trinajstić information content (AvgIpc) is 3.14. The summed E-state index contributed by atoms with van der Waals surface area (Å²) in [5.41, 5.74) is 3.40. The number of nitriles is 1. The Morgan fingerprint density at radius 1 is 0.733 bits per heavy atom. The van der Waals surface area contributed by atoms with Crippen LogP contribution in [0.25, 0.3) is 0 Å². The Morgan fingerprint density at radius 2 is 1.23 bits per heavy atom. The molecule has 1 saturated heterocycles. The van der Waals surface area contributed by atoms with E-state index in [-0.39, 0.29) is 18.2 Å². The second-order valence-electron chi connectivity index (χ2n) is 7.59. The zero-order valence-corrected chi connectivity index (χ0v) is 16.9. The molecule has 4 nitrogen and oxygen atoms in total. The predicted octanol–water partition coefficient (Wildman–Crippen LogP) is 4.57. The smallest absolute Gasteiger partial charge is 0.127 e. The van der Waals surface area contributed by atoms with Gasteiger partial charge in [0.2, 0.25) is 0 Å². The molecular weight excluding hydrogens is 372 g/mol. The summed E-state index contributed by atoms with van der Waals surface area (Å²) in [4.78, 5) is 2.17. The number of nitrogens with zero attached hydrogens (tertiary/aromatic N) is 2. The monoisotopic (exact) mass is 398 g/mol. The topological polar surface area (TPSA) is 45.5 Å². The second-order valence-corrected chi connectivity index (χ2v) is 7.59. The molecule has 0 radical (unpaired) electrons. The van der Waals surface area contributed by atoms with Crippen molar-refractivity contribution in [3.8, 4) is 6.07 Å². The Labute approximate surface area is 178 Å². The summed E-state index contributed by atoms with van der Waals surface area (Å²) in [7, 11) is 0. The standard InChI is InChI=1S/C26H26N2O2/c27-16-24-26(30-20-23-14-8-3-9-15-23)25(29-19-22-12-6-2-7-13-22)18-28(24)17-21-10-4-1-5-11-21/h1-15,24-26H,17-20H2/t24?,25-,26?/m1/s1. The van der Waals surface area contributed by atoms with Gasteiger partial charge >= 0.3 is 0 Å². The molecule has 1 aliphatic rings. The molecule has 0 N–H and O–H groups in total. The molecule has 1 fully saturated rings. The first-order valence-electron chi connectivity index (χ1n) is 10.3. The Hall–Kier alpha value is -2.97. The van der Waals surface area contributed by atoms with Crippen LogP contribution in [0.15, 0.2) is 91.0 Å². The molecule has 0 bridgehead atoms. The van der Waals surface area contributed by atoms with Gasteiger partial charge in [-0.1, -0.05) is 91.0 Å². The minimum Gasteiger partial charge on any atom is -0.369 e. The molecule has 0 spiro atoms. The predicted molar refractivity (Wildman–Crippen MR) is 116 cm³/mol. The van der Waals surface area contributed by atoms with Gasteiger partial charge in [0.05, 0.1) is 25.4 Å². The Kier molecular flexibility index (Phi) is 6.89. The van der Waals surface area contributed by atoms with Gasteiger partial charge in [0.25, 0.3) is 0 Å². The van der Waals surface area contributed by atoms with Crippen molar-refractivity contribution in [2.45, 2.75) is 38.0 Å². The fourth-order valence-corrected chi connectivity index (χ4v) is 3.89. The summed E-state index contributed by atoms with van der Waals surface area (Å²) < 4.78 is 12.5. The number of benzene rings is 3. The minimum atomic E-state index is -0.352. The summed E-state index contributed by atoms with van der Waals surface area (Å²) in [6, 6.07) is 32.6. The minimum absolute atomic E-state index is 0.165. The van der Waals surface area contributed by atoms with Gasteiger partial charge < -0.3 is 9.47 Å². The molecule has 152 valence electrons. The van der Waals surface area contributed by atoms with Crippen LogP contribution < -0.4 is 0 Å². The number of likely N-dealkylation sites (tertiary alicyclic amines) is 1. The summed E-state index contributed by atoms with van der Waals surface area (Å²) in [6.07, 6.45) is -0.468. The van der Waals surface area contributed by atoms with E-state index in [1.165, 1.54) is 5.56 Å². The molecule has 1 aliphatic heterocycles. The zero-order chi connectivity index (χ0) is 20.6. The largest absolute Gasteiger partial charge is 0.369 e. The normalized spacial score (nSPS) is 21.4. The van der Waals surface area contributed by atoms with Crippen molar-refractivity contribution >= 4 is 0 Å². The third-order valence-corrected chi connectivity index (χ3v) is 5.44. The number of rotatable bonds is 8. The molecule has 1 heterocycles. The summed E-state index contributed by atoms with van der Waals surface area (Å²) in [6.45, 7) is 2.34. The molecule has 0 aliphatic carbocycles. The highest BCUT2D eigenvalue weighted by molar-refractivity contribution is 5.18. The maximum Gasteiger partial charge on any atom is 0.127 e. The van der Waals surface area contributed by atoms with E-state index >= 15 is 0 Å². The van der Waals surface area contributed by atoms with Crippen LogP contribution in [0.3, 0.4) is 0 Å². The van der Waals surface area contributed by atoms with E-state index in [0.29, 0.717) is 26.3 Å². The highest BCUT2D eigenvalue weighted by Gasteiger charge is 2.43. The lowest BCUT2D eigenvalue weighted by Gasteiger charge is -2.23. The molecule has 0 aromatic heterocycles. The fourth-order valence-electron chi connectivity index (χ4n) is 3.89. The highest BCUT2D eigenvalue weighted by Crippen LogP contribution is 2.27. The van der Waals surface area contributed by atoms with Crippen LogP contribution in [-0.2, 0) is 29.2 Å². The maximum absolute atomic E-state index is 9.96. The van der Waals surface area contributed by atoms with E-state index in [9.17, 15) is 5.26 Å². The molecular formula is C26H26N2O2. The quantitative estimate of drug-likeness (QED) is 0.558. The van der Waals surface area contributed by atoms with E-state index < -0.39 is 0 Å². The van der Waals surface area contributed by atoms with Crippen LogP contribution in [0.2, 0.25) is 0 Å². The van der Waals surface area contributed by atoms with Gasteiger partial charge in [-0.25, -0.2) is 0 Å². The van der Waals surface area contributed by atoms with E-state index in [2.05, 4.69) is 35.2 Å². The van der Waals surface area contributed by atoms with E-state index in [0.717, 1.165) is 11.1 Å². The van der Waals surface area contributed by atoms with Gasteiger partial charge in [-0.2, -0.15) is 5.26 Å². The average molecular weight is 399 g/mol. The summed E-state index contributed by atoms with van der Waals surface area (Å²) >= 11 is 0. The molecule has 30 heavy (non-hydrogen) atoms. The lowest BCUT2D eigenvalue weighted by Crippen LogP contribution is -2.37. The lowest BCUT2D eigenvalue weighted by atomic mass is 10.1. The first-order chi connectivity index (χ1) is 14.8. The first-order valence-corrected chi connectivity index (χ1v) is 10.3. The molecule has 4 rings (SSSR count). The number of hydrogen-bond donors (Lipinski definition) is 0. The van der Waals surface area contributed by atoms with Crippen LogP contribution in [-0.4, -0.2) is 29.7 Å². The van der Waals surface area contributed by atoms with E-state index in [1.807, 2.05) is 66.7 Å². The Balaban J connectivity index is 1.48. The second kappa shape index (κ2) is 10.2. The van der Waals surface area contributed by atoms with Crippen molar-refractivity contribution in [3.05, 3.63) is 108 Å². The third-order valence-electron chi connectivity index (χ3n) is 5.44. The van der Waals surface area contributed by atoms with Crippen molar-refractivity contribution in [2.75, 3.05) is 6.54 Å². The maximum atomic E-state index is 9.96. The molecule has 2 unspecified atom stereocenters. The molecule has 3 aromatic carbocycles. The Morgan fingerprint density at radius 3 is 1.77 bits per heavy atom. The fraction of sp³-hybridized carbons (Fsp3) is 0.269. The SMILES string of the molecule is N#CC1C(OCc2ccccc2)[C@H](OCc2ccccc2)CN1Cc1ccccc1. The van der Waals surface area contributed by atoms with Gasteiger partial charge in [0, 0.05) is 13.1 Å². The van der Waals surface area contributed by atoms with Crippen LogP contribution >= 0.6 is 0 Å². The number of hydrogen-bond acceptors (Lipinski definition) is 4. The molecule has 3 aromatic rings. The van der Waals surface area contributed by atoms with Gasteiger partial charge in [-0.05, 0) is 16.7 Å². The molecule has 3 atom stereocenters. The molecule has 0 saturated carbocycles. The van der Waals surface area contributed by atoms with Crippen molar-refractivity contribution in [1.82, 2.24) is 4.90 Å². The Bertz CT molecular complexity index is 941. The molecule has 4 heteroatoms. The van der Waals surface area contributed by atoms with Crippen LogP contribution in [0, 0.1) is 11.3 Å². The van der Waals surface area contributed by atoms with Gasteiger partial charge in [-0.3, -0.25) is 4.90 Å². The van der Waals surface area contributed by atoms with Crippen molar-refractivity contribution in [2.24, 2.45) is 0 Å². The van der Waals surface area contributed by atoms with Crippen molar-refractivity contribution in [1.29, 1.82) is 5.26 Å². The van der Waals surface area contributed by atoms with Crippen molar-refractivity contribution < 1.29 is 9.47 Å². The first kappa shape index (κ1) is 20.3. The molecule has 0 amide bonds. The van der Waals surface area contributed by atoms with Crippen LogP contribution in [0.4, 0.5) is 0 Å². The third kappa shape index (κ3) is 5.14. The lowest BCUT2D eigenvalue weighted by molar-refractivity contribution is -0.0653. The highest BCUT2D eigenvalue weighted by atomic mass is 16.5. The van der Waals surface area contributed by atoms with Crippen molar-refractivity contribution in [3.63, 3.8) is 0 Å². The summed E-state index contributed by atoms with van der Waals surface area (Å²) in [5, 5.41) is 9.96. The zero-order valence-electron chi connectivity index (χ0n) is 16.9. The van der Waals surface area contributed by atoms with E-state index in [1.54, 1.807) is 0 Å². The summed E-state index contributed by atoms with van der Waals surface area (Å²) in [5.74, 6) is 0. The van der Waals surface area contributed by atoms with Crippen LogP contribution in [0.5, 0.6) is 0 Å². The number of ether oxygens (including phenoxy) is 2. The van der Waals surface area contributed by atoms with Gasteiger partial charge in [0.1, 0.15) is 12.1 Å². The van der Waals surface area contributed by atoms with Gasteiger partial charge in [-0.15, -0.1) is 0 Å². The van der Waals surface area contributed by atoms with Crippen LogP contribution in [0.1, 0.15) is 16.7 Å². The van der Waals surface area contributed by atoms with E-state index in [4.69, 9.17) is 9.47 Å².